The van der Waals surface area contributed by atoms with Crippen LogP contribution in [-0.2, 0) is 4.79 Å². The number of nitrogens with one attached hydrogen (secondary N) is 1. The molecule has 0 aromatic rings. The average Bonchev–Trinajstić information content (AvgIpc) is 2.31. The number of carboxylic acid groups (broad SMARTS) is 1. The predicted octanol–water partition coefficient (Wildman–Crippen LogP) is 1.63. The Labute approximate surface area is 79.5 Å². The first kappa shape index (κ1) is 10.5. The topological polar surface area (TPSA) is 49.3 Å². The maximum Gasteiger partial charge on any atom is 0.306 e. The van der Waals surface area contributed by atoms with Crippen LogP contribution in [0.15, 0.2) is 0 Å². The second-order valence-electron chi connectivity index (χ2n) is 4.94. The summed E-state index contributed by atoms with van der Waals surface area (Å²) in [5.74, 6) is -0.766. The number of rotatable bonds is 2. The lowest BCUT2D eigenvalue weighted by Gasteiger charge is -2.25. The molecule has 13 heavy (non-hydrogen) atoms. The molecule has 1 aliphatic carbocycles. The van der Waals surface area contributed by atoms with Gasteiger partial charge in [-0.1, -0.05) is 0 Å². The number of carboxylic acids is 1. The molecule has 3 nitrogen and oxygen atoms in total. The summed E-state index contributed by atoms with van der Waals surface area (Å²) in [5.41, 5.74) is 0.0953. The first-order valence-electron chi connectivity index (χ1n) is 4.89. The Bertz CT molecular complexity index is 196. The van der Waals surface area contributed by atoms with Gasteiger partial charge in [0.15, 0.2) is 0 Å². The van der Waals surface area contributed by atoms with E-state index in [0.717, 1.165) is 19.3 Å². The van der Waals surface area contributed by atoms with E-state index in [4.69, 9.17) is 5.11 Å². The molecule has 76 valence electrons. The van der Waals surface area contributed by atoms with Crippen molar-refractivity contribution >= 4 is 5.97 Å². The zero-order chi connectivity index (χ0) is 10.1. The lowest BCUT2D eigenvalue weighted by molar-refractivity contribution is -0.141. The molecule has 2 unspecified atom stereocenters. The second kappa shape index (κ2) is 3.66. The summed E-state index contributed by atoms with van der Waals surface area (Å²) >= 11 is 0. The van der Waals surface area contributed by atoms with E-state index in [0.29, 0.717) is 6.04 Å². The summed E-state index contributed by atoms with van der Waals surface area (Å²) in [6.07, 6.45) is 2.60. The van der Waals surface area contributed by atoms with Gasteiger partial charge in [-0.25, -0.2) is 0 Å². The van der Waals surface area contributed by atoms with Crippen molar-refractivity contribution in [1.82, 2.24) is 5.32 Å². The van der Waals surface area contributed by atoms with Crippen molar-refractivity contribution < 1.29 is 9.90 Å². The normalized spacial score (nSPS) is 29.2. The molecule has 0 saturated heterocycles. The van der Waals surface area contributed by atoms with E-state index in [2.05, 4.69) is 26.1 Å². The predicted molar refractivity (Wildman–Crippen MR) is 51.7 cm³/mol. The lowest BCUT2D eigenvalue weighted by atomic mass is 10.1. The Morgan fingerprint density at radius 1 is 1.38 bits per heavy atom. The van der Waals surface area contributed by atoms with Crippen molar-refractivity contribution in [1.29, 1.82) is 0 Å². The van der Waals surface area contributed by atoms with E-state index in [1.807, 2.05) is 0 Å². The number of hydrogen-bond acceptors (Lipinski definition) is 2. The summed E-state index contributed by atoms with van der Waals surface area (Å²) in [7, 11) is 0. The van der Waals surface area contributed by atoms with Gasteiger partial charge in [-0.2, -0.15) is 0 Å². The first-order valence-corrected chi connectivity index (χ1v) is 4.89. The van der Waals surface area contributed by atoms with Gasteiger partial charge in [-0.05, 0) is 40.0 Å². The standard InChI is InChI=1S/C10H19NO2/c1-10(2,3)11-8-5-4-7(6-8)9(12)13/h7-8,11H,4-6H2,1-3H3,(H,12,13). The Kier molecular flexibility index (Phi) is 2.96. The highest BCUT2D eigenvalue weighted by Gasteiger charge is 2.31. The molecular formula is C10H19NO2. The van der Waals surface area contributed by atoms with E-state index in [9.17, 15) is 4.79 Å². The van der Waals surface area contributed by atoms with Crippen molar-refractivity contribution in [3.63, 3.8) is 0 Å². The molecular weight excluding hydrogens is 166 g/mol. The quantitative estimate of drug-likeness (QED) is 0.687. The van der Waals surface area contributed by atoms with Crippen molar-refractivity contribution in [2.75, 3.05) is 0 Å². The van der Waals surface area contributed by atoms with E-state index in [1.165, 1.54) is 0 Å². The van der Waals surface area contributed by atoms with Crippen molar-refractivity contribution in [2.24, 2.45) is 5.92 Å². The van der Waals surface area contributed by atoms with Crippen molar-refractivity contribution in [3.05, 3.63) is 0 Å². The summed E-state index contributed by atoms with van der Waals surface area (Å²) in [6.45, 7) is 6.34. The molecule has 0 aliphatic heterocycles. The minimum atomic E-state index is -0.641. The van der Waals surface area contributed by atoms with E-state index in [1.54, 1.807) is 0 Å². The van der Waals surface area contributed by atoms with Gasteiger partial charge < -0.3 is 10.4 Å². The van der Waals surface area contributed by atoms with Crippen LogP contribution in [0.4, 0.5) is 0 Å². The van der Waals surface area contributed by atoms with Crippen molar-refractivity contribution in [3.8, 4) is 0 Å². The van der Waals surface area contributed by atoms with Crippen LogP contribution in [0.3, 0.4) is 0 Å². The summed E-state index contributed by atoms with van der Waals surface area (Å²) in [6, 6.07) is 0.390. The summed E-state index contributed by atoms with van der Waals surface area (Å²) < 4.78 is 0. The molecule has 3 heteroatoms. The molecule has 2 N–H and O–H groups in total. The molecule has 0 aromatic carbocycles. The molecule has 0 bridgehead atoms. The highest BCUT2D eigenvalue weighted by Crippen LogP contribution is 2.26. The van der Waals surface area contributed by atoms with Gasteiger partial charge in [-0.15, -0.1) is 0 Å². The van der Waals surface area contributed by atoms with Gasteiger partial charge in [0.25, 0.3) is 0 Å². The van der Waals surface area contributed by atoms with Crippen LogP contribution in [0.1, 0.15) is 40.0 Å². The Balaban J connectivity index is 2.38. The van der Waals surface area contributed by atoms with Gasteiger partial charge in [0.2, 0.25) is 0 Å². The Hall–Kier alpha value is -0.570. The molecule has 1 fully saturated rings. The van der Waals surface area contributed by atoms with E-state index >= 15 is 0 Å². The maximum atomic E-state index is 10.7. The van der Waals surface area contributed by atoms with Crippen molar-refractivity contribution in [2.45, 2.75) is 51.6 Å². The lowest BCUT2D eigenvalue weighted by Crippen LogP contribution is -2.42. The minimum Gasteiger partial charge on any atom is -0.481 e. The van der Waals surface area contributed by atoms with E-state index < -0.39 is 5.97 Å². The smallest absolute Gasteiger partial charge is 0.306 e. The molecule has 1 rings (SSSR count). The number of aliphatic carboxylic acids is 1. The van der Waals surface area contributed by atoms with Gasteiger partial charge in [0, 0.05) is 11.6 Å². The van der Waals surface area contributed by atoms with Crippen LogP contribution < -0.4 is 5.32 Å². The van der Waals surface area contributed by atoms with Gasteiger partial charge in [-0.3, -0.25) is 4.79 Å². The van der Waals surface area contributed by atoms with Crippen LogP contribution in [0.5, 0.6) is 0 Å². The van der Waals surface area contributed by atoms with Gasteiger partial charge in [0.1, 0.15) is 0 Å². The molecule has 1 aliphatic rings. The second-order valence-corrected chi connectivity index (χ2v) is 4.94. The fourth-order valence-corrected chi connectivity index (χ4v) is 1.95. The third-order valence-corrected chi connectivity index (χ3v) is 2.42. The van der Waals surface area contributed by atoms with Gasteiger partial charge in [0.05, 0.1) is 5.92 Å². The molecule has 0 spiro atoms. The monoisotopic (exact) mass is 185 g/mol. The third-order valence-electron chi connectivity index (χ3n) is 2.42. The van der Waals surface area contributed by atoms with Crippen LogP contribution in [0, 0.1) is 5.92 Å². The fourth-order valence-electron chi connectivity index (χ4n) is 1.95. The highest BCUT2D eigenvalue weighted by molar-refractivity contribution is 5.70. The fraction of sp³-hybridized carbons (Fsp3) is 0.900. The summed E-state index contributed by atoms with van der Waals surface area (Å²) in [4.78, 5) is 10.7. The van der Waals surface area contributed by atoms with Crippen LogP contribution in [0.2, 0.25) is 0 Å². The van der Waals surface area contributed by atoms with Gasteiger partial charge >= 0.3 is 5.97 Å². The van der Waals surface area contributed by atoms with Crippen LogP contribution in [0.25, 0.3) is 0 Å². The maximum absolute atomic E-state index is 10.7. The summed E-state index contributed by atoms with van der Waals surface area (Å²) in [5, 5.41) is 12.2. The zero-order valence-corrected chi connectivity index (χ0v) is 8.63. The number of hydrogen-bond donors (Lipinski definition) is 2. The largest absolute Gasteiger partial charge is 0.481 e. The van der Waals surface area contributed by atoms with E-state index in [-0.39, 0.29) is 11.5 Å². The minimum absolute atomic E-state index is 0.0953. The Morgan fingerprint density at radius 3 is 2.38 bits per heavy atom. The first-order chi connectivity index (χ1) is 5.88. The highest BCUT2D eigenvalue weighted by atomic mass is 16.4. The molecule has 0 radical (unpaired) electrons. The molecule has 0 heterocycles. The van der Waals surface area contributed by atoms with Crippen LogP contribution >= 0.6 is 0 Å². The molecule has 0 amide bonds. The zero-order valence-electron chi connectivity index (χ0n) is 8.63. The molecule has 1 saturated carbocycles. The molecule has 2 atom stereocenters. The average molecular weight is 185 g/mol. The molecule has 0 aromatic heterocycles. The number of carbonyl (C=O) groups is 1. The SMILES string of the molecule is CC(C)(C)NC1CCC(C(=O)O)C1. The van der Waals surface area contributed by atoms with Crippen LogP contribution in [-0.4, -0.2) is 22.7 Å². The third kappa shape index (κ3) is 3.35. The Morgan fingerprint density at radius 2 is 2.00 bits per heavy atom.